The lowest BCUT2D eigenvalue weighted by atomic mass is 10.0. The Morgan fingerprint density at radius 2 is 0.602 bits per heavy atom. The van der Waals surface area contributed by atoms with Gasteiger partial charge in [-0.25, -0.2) is 0 Å². The molecule has 6 nitrogen and oxygen atoms in total. The number of ether oxygens (including phenoxy) is 1. The number of aliphatic hydroxyl groups excluding tert-OH is 2. The standard InChI is InChI=1S/C77H145NO5/c1-3-5-7-9-11-13-15-17-19-21-22-23-28-31-34-38-41-45-49-53-57-61-65-69-75(80)74(73-79)78-76(81)70-66-62-58-54-50-46-42-39-35-32-29-26-24-25-27-30-33-36-40-44-48-52-56-60-64-68-72-83-77(82)71-67-63-59-55-51-47-43-37-20-18-16-14-12-10-8-6-4-2/h12,14,18,20,24,26,65,69,74-75,79-80H,3-11,13,15-17,19,21-23,25,27-64,66-68,70-73H2,1-2H3,(H,78,81)/b14-12-,20-18-,26-24-,69-65+. The van der Waals surface area contributed by atoms with Crippen LogP contribution in [-0.4, -0.2) is 47.4 Å². The molecule has 0 aliphatic carbocycles. The molecule has 3 N–H and O–H groups in total. The minimum atomic E-state index is -0.848. The minimum absolute atomic E-state index is 0.00655. The molecule has 2 unspecified atom stereocenters. The minimum Gasteiger partial charge on any atom is -0.466 e. The van der Waals surface area contributed by atoms with E-state index in [-0.39, 0.29) is 18.5 Å². The zero-order valence-corrected chi connectivity index (χ0v) is 55.9. The van der Waals surface area contributed by atoms with E-state index in [0.29, 0.717) is 19.4 Å². The molecule has 1 amide bonds. The Hall–Kier alpha value is -2.18. The molecule has 0 fully saturated rings. The van der Waals surface area contributed by atoms with Gasteiger partial charge in [0.05, 0.1) is 25.4 Å². The summed E-state index contributed by atoms with van der Waals surface area (Å²) >= 11 is 0. The van der Waals surface area contributed by atoms with E-state index in [1.165, 1.54) is 327 Å². The van der Waals surface area contributed by atoms with Crippen LogP contribution >= 0.6 is 0 Å². The van der Waals surface area contributed by atoms with Crippen molar-refractivity contribution < 1.29 is 24.5 Å². The molecule has 0 bridgehead atoms. The number of amides is 1. The summed E-state index contributed by atoms with van der Waals surface area (Å²) in [6.07, 6.45) is 94.9. The lowest BCUT2D eigenvalue weighted by Crippen LogP contribution is -2.45. The first-order valence-corrected chi connectivity index (χ1v) is 37.4. The Morgan fingerprint density at radius 3 is 0.952 bits per heavy atom. The topological polar surface area (TPSA) is 95.9 Å². The molecule has 0 rings (SSSR count). The molecular formula is C77H145NO5. The summed E-state index contributed by atoms with van der Waals surface area (Å²) in [7, 11) is 0. The smallest absolute Gasteiger partial charge is 0.305 e. The molecule has 0 aliphatic rings. The van der Waals surface area contributed by atoms with Crippen LogP contribution < -0.4 is 5.32 Å². The molecular weight excluding hydrogens is 1020 g/mol. The van der Waals surface area contributed by atoms with Crippen LogP contribution in [0.15, 0.2) is 48.6 Å². The zero-order valence-electron chi connectivity index (χ0n) is 55.9. The van der Waals surface area contributed by atoms with Crippen LogP contribution in [0, 0.1) is 0 Å². The van der Waals surface area contributed by atoms with E-state index < -0.39 is 12.1 Å². The first-order valence-electron chi connectivity index (χ1n) is 37.4. The van der Waals surface area contributed by atoms with Crippen molar-refractivity contribution in [2.45, 2.75) is 418 Å². The highest BCUT2D eigenvalue weighted by atomic mass is 16.5. The third-order valence-corrected chi connectivity index (χ3v) is 17.3. The number of esters is 1. The van der Waals surface area contributed by atoms with E-state index >= 15 is 0 Å². The lowest BCUT2D eigenvalue weighted by Gasteiger charge is -2.20. The maximum atomic E-state index is 12.5. The van der Waals surface area contributed by atoms with Gasteiger partial charge >= 0.3 is 5.97 Å². The molecule has 0 radical (unpaired) electrons. The number of carbonyl (C=O) groups is 2. The summed E-state index contributed by atoms with van der Waals surface area (Å²) < 4.78 is 5.50. The third-order valence-electron chi connectivity index (χ3n) is 17.3. The van der Waals surface area contributed by atoms with E-state index in [1.54, 1.807) is 6.08 Å². The van der Waals surface area contributed by atoms with Gasteiger partial charge in [0.25, 0.3) is 0 Å². The van der Waals surface area contributed by atoms with Crippen LogP contribution in [-0.2, 0) is 14.3 Å². The summed E-state index contributed by atoms with van der Waals surface area (Å²) in [6, 6.07) is -0.631. The summed E-state index contributed by atoms with van der Waals surface area (Å²) in [5.74, 6) is -0.0595. The van der Waals surface area contributed by atoms with Crippen molar-refractivity contribution in [3.8, 4) is 0 Å². The Bertz CT molecular complexity index is 1390. The molecule has 0 aromatic heterocycles. The van der Waals surface area contributed by atoms with Gasteiger partial charge in [-0.1, -0.05) is 351 Å². The van der Waals surface area contributed by atoms with Crippen LogP contribution in [0.3, 0.4) is 0 Å². The van der Waals surface area contributed by atoms with Crippen molar-refractivity contribution in [1.29, 1.82) is 0 Å². The van der Waals surface area contributed by atoms with Gasteiger partial charge in [0, 0.05) is 12.8 Å². The second-order valence-corrected chi connectivity index (χ2v) is 25.6. The van der Waals surface area contributed by atoms with Crippen LogP contribution in [0.25, 0.3) is 0 Å². The average Bonchev–Trinajstić information content (AvgIpc) is 3.49. The first kappa shape index (κ1) is 80.8. The maximum Gasteiger partial charge on any atom is 0.305 e. The molecule has 0 heterocycles. The SMILES string of the molecule is CCCCC/C=C\C/C=C\CCCCCCCCCC(=O)OCCCCCCCCCCCCCC/C=C\CCCCCCCCCCCCC(=O)NC(CO)C(O)/C=C/CCCCCCCCCCCCCCCCCCCCCCC. The van der Waals surface area contributed by atoms with Gasteiger partial charge in [0.1, 0.15) is 0 Å². The predicted molar refractivity (Wildman–Crippen MR) is 366 cm³/mol. The Balaban J connectivity index is 3.42. The predicted octanol–water partition coefficient (Wildman–Crippen LogP) is 24.4. The molecule has 0 saturated carbocycles. The zero-order chi connectivity index (χ0) is 59.9. The van der Waals surface area contributed by atoms with Crippen molar-refractivity contribution in [3.63, 3.8) is 0 Å². The summed E-state index contributed by atoms with van der Waals surface area (Å²) in [5, 5.41) is 23.3. The van der Waals surface area contributed by atoms with Crippen LogP contribution in [0.2, 0.25) is 0 Å². The van der Waals surface area contributed by atoms with Crippen molar-refractivity contribution in [2.24, 2.45) is 0 Å². The van der Waals surface area contributed by atoms with Gasteiger partial charge in [0.15, 0.2) is 0 Å². The van der Waals surface area contributed by atoms with Gasteiger partial charge < -0.3 is 20.3 Å². The lowest BCUT2D eigenvalue weighted by molar-refractivity contribution is -0.143. The molecule has 0 aliphatic heterocycles. The number of allylic oxidation sites excluding steroid dienone is 7. The van der Waals surface area contributed by atoms with E-state index in [1.807, 2.05) is 6.08 Å². The molecule has 488 valence electrons. The fourth-order valence-electron chi connectivity index (χ4n) is 11.6. The van der Waals surface area contributed by atoms with Crippen molar-refractivity contribution in [3.05, 3.63) is 48.6 Å². The Kier molecular flexibility index (Phi) is 70.4. The van der Waals surface area contributed by atoms with Crippen LogP contribution in [0.5, 0.6) is 0 Å². The van der Waals surface area contributed by atoms with E-state index in [9.17, 15) is 19.8 Å². The van der Waals surface area contributed by atoms with E-state index in [2.05, 4.69) is 55.6 Å². The number of hydrogen-bond acceptors (Lipinski definition) is 5. The number of rotatable bonds is 70. The second kappa shape index (κ2) is 72.3. The third kappa shape index (κ3) is 68.8. The Morgan fingerprint density at radius 1 is 0.337 bits per heavy atom. The monoisotopic (exact) mass is 1160 g/mol. The van der Waals surface area contributed by atoms with Gasteiger partial charge in [-0.05, 0) is 89.9 Å². The summed E-state index contributed by atoms with van der Waals surface area (Å²) in [6.45, 7) is 4.91. The van der Waals surface area contributed by atoms with Crippen molar-refractivity contribution in [2.75, 3.05) is 13.2 Å². The highest BCUT2D eigenvalue weighted by molar-refractivity contribution is 5.76. The van der Waals surface area contributed by atoms with Gasteiger partial charge in [-0.2, -0.15) is 0 Å². The number of carbonyl (C=O) groups excluding carboxylic acids is 2. The molecule has 83 heavy (non-hydrogen) atoms. The van der Waals surface area contributed by atoms with Crippen LogP contribution in [0.4, 0.5) is 0 Å². The normalized spacial score (nSPS) is 12.8. The highest BCUT2D eigenvalue weighted by Gasteiger charge is 2.18. The van der Waals surface area contributed by atoms with E-state index in [4.69, 9.17) is 4.74 Å². The van der Waals surface area contributed by atoms with Crippen molar-refractivity contribution in [1.82, 2.24) is 5.32 Å². The highest BCUT2D eigenvalue weighted by Crippen LogP contribution is 2.19. The van der Waals surface area contributed by atoms with E-state index in [0.717, 1.165) is 51.4 Å². The molecule has 0 aromatic carbocycles. The average molecular weight is 1170 g/mol. The number of aliphatic hydroxyl groups is 2. The fraction of sp³-hybridized carbons (Fsp3) is 0.870. The van der Waals surface area contributed by atoms with Gasteiger partial charge in [0.2, 0.25) is 5.91 Å². The number of unbranched alkanes of at least 4 members (excludes halogenated alkanes) is 53. The molecule has 0 spiro atoms. The first-order chi connectivity index (χ1) is 41.0. The number of nitrogens with one attached hydrogen (secondary N) is 1. The fourth-order valence-corrected chi connectivity index (χ4v) is 11.6. The quantitative estimate of drug-likeness (QED) is 0.0320. The molecule has 0 aromatic rings. The molecule has 0 saturated heterocycles. The van der Waals surface area contributed by atoms with Gasteiger partial charge in [-0.3, -0.25) is 9.59 Å². The maximum absolute atomic E-state index is 12.5. The van der Waals surface area contributed by atoms with Crippen LogP contribution in [0.1, 0.15) is 406 Å². The summed E-state index contributed by atoms with van der Waals surface area (Å²) in [4.78, 5) is 24.6. The molecule has 2 atom stereocenters. The Labute approximate surface area is 518 Å². The largest absolute Gasteiger partial charge is 0.466 e. The van der Waals surface area contributed by atoms with Crippen molar-refractivity contribution >= 4 is 11.9 Å². The summed E-state index contributed by atoms with van der Waals surface area (Å²) in [5.41, 5.74) is 0. The second-order valence-electron chi connectivity index (χ2n) is 25.6. The number of hydrogen-bond donors (Lipinski definition) is 3. The molecule has 6 heteroatoms. The van der Waals surface area contributed by atoms with Gasteiger partial charge in [-0.15, -0.1) is 0 Å².